The second-order valence-corrected chi connectivity index (χ2v) is 7.18. The standard InChI is InChI=1S/C18H24F4O5S/c19-14-12(15(20)17(22)18(16(14)21)28-27-26-23)8-4-2-1-3-6-10-24-13-9-5-7-11-25-13/h13,23H,1-11H2/p-1. The number of ether oxygens (including phenoxy) is 2. The molecule has 0 saturated carbocycles. The molecule has 0 radical (unpaired) electrons. The van der Waals surface area contributed by atoms with Gasteiger partial charge in [-0.3, -0.25) is 5.04 Å². The van der Waals surface area contributed by atoms with Crippen LogP contribution in [0.15, 0.2) is 4.90 Å². The maximum absolute atomic E-state index is 14.0. The lowest BCUT2D eigenvalue weighted by molar-refractivity contribution is -0.777. The van der Waals surface area contributed by atoms with Crippen molar-refractivity contribution in [2.75, 3.05) is 13.2 Å². The molecule has 160 valence electrons. The Hall–Kier alpha value is -0.910. The van der Waals surface area contributed by atoms with E-state index in [1.54, 1.807) is 0 Å². The monoisotopic (exact) mass is 427 g/mol. The van der Waals surface area contributed by atoms with Crippen LogP contribution in [-0.4, -0.2) is 19.5 Å². The summed E-state index contributed by atoms with van der Waals surface area (Å²) in [4.78, 5) is -1.10. The van der Waals surface area contributed by atoms with Crippen LogP contribution in [0, 0.1) is 23.3 Å². The second kappa shape index (κ2) is 12.6. The highest BCUT2D eigenvalue weighted by Crippen LogP contribution is 2.32. The number of benzene rings is 1. The van der Waals surface area contributed by atoms with E-state index >= 15 is 0 Å². The summed E-state index contributed by atoms with van der Waals surface area (Å²) in [6, 6.07) is 0. The fourth-order valence-electron chi connectivity index (χ4n) is 2.99. The molecule has 1 aromatic carbocycles. The molecule has 0 bridgehead atoms. The first-order chi connectivity index (χ1) is 13.6. The zero-order valence-corrected chi connectivity index (χ0v) is 16.1. The molecule has 10 heteroatoms. The third-order valence-electron chi connectivity index (χ3n) is 4.47. The van der Waals surface area contributed by atoms with Crippen molar-refractivity contribution in [2.45, 2.75) is 69.0 Å². The summed E-state index contributed by atoms with van der Waals surface area (Å²) < 4.78 is 70.4. The SMILES string of the molecule is [O-]OOSc1c(F)c(F)c(CCCCCCCOC2CCCCO2)c(F)c1F. The van der Waals surface area contributed by atoms with Crippen molar-refractivity contribution < 1.29 is 41.7 Å². The van der Waals surface area contributed by atoms with Crippen LogP contribution in [0.4, 0.5) is 17.6 Å². The van der Waals surface area contributed by atoms with Crippen molar-refractivity contribution >= 4 is 12.0 Å². The molecule has 1 heterocycles. The van der Waals surface area contributed by atoms with Crippen LogP contribution in [0.2, 0.25) is 0 Å². The van der Waals surface area contributed by atoms with E-state index in [4.69, 9.17) is 9.47 Å². The van der Waals surface area contributed by atoms with Gasteiger partial charge >= 0.3 is 0 Å². The fraction of sp³-hybridized carbons (Fsp3) is 0.667. The van der Waals surface area contributed by atoms with Crippen molar-refractivity contribution in [1.29, 1.82) is 0 Å². The third-order valence-corrected chi connectivity index (χ3v) is 5.12. The molecule has 0 aliphatic carbocycles. The Morgan fingerprint density at radius 2 is 1.61 bits per heavy atom. The van der Waals surface area contributed by atoms with E-state index in [1.165, 1.54) is 0 Å². The van der Waals surface area contributed by atoms with Gasteiger partial charge in [0, 0.05) is 18.8 Å². The van der Waals surface area contributed by atoms with Crippen LogP contribution in [0.25, 0.3) is 0 Å². The average molecular weight is 427 g/mol. The van der Waals surface area contributed by atoms with Gasteiger partial charge in [-0.25, -0.2) is 17.6 Å². The molecule has 1 aliphatic rings. The topological polar surface area (TPSA) is 60.0 Å². The summed E-state index contributed by atoms with van der Waals surface area (Å²) >= 11 is -0.225. The van der Waals surface area contributed by atoms with E-state index in [2.05, 4.69) is 9.37 Å². The first-order valence-corrected chi connectivity index (χ1v) is 10.0. The van der Waals surface area contributed by atoms with Gasteiger partial charge in [0.15, 0.2) is 29.6 Å². The van der Waals surface area contributed by atoms with Crippen LogP contribution in [-0.2, 0) is 25.3 Å². The minimum absolute atomic E-state index is 0.115. The number of hydrogen-bond acceptors (Lipinski definition) is 6. The summed E-state index contributed by atoms with van der Waals surface area (Å²) in [5, 5.41) is 12.7. The smallest absolute Gasteiger partial charge is 0.178 e. The number of hydrogen-bond donors (Lipinski definition) is 0. The molecule has 1 aliphatic heterocycles. The van der Waals surface area contributed by atoms with Gasteiger partial charge in [0.2, 0.25) is 0 Å². The fourth-order valence-corrected chi connectivity index (χ4v) is 3.41. The van der Waals surface area contributed by atoms with Crippen molar-refractivity contribution in [3.63, 3.8) is 0 Å². The minimum atomic E-state index is -1.61. The van der Waals surface area contributed by atoms with Crippen molar-refractivity contribution in [3.05, 3.63) is 28.8 Å². The molecule has 1 atom stereocenters. The van der Waals surface area contributed by atoms with E-state index in [0.717, 1.165) is 45.1 Å². The summed E-state index contributed by atoms with van der Waals surface area (Å²) in [5.41, 5.74) is -0.653. The third kappa shape index (κ3) is 6.85. The van der Waals surface area contributed by atoms with E-state index < -0.39 is 33.7 Å². The highest BCUT2D eigenvalue weighted by atomic mass is 32.2. The Balaban J connectivity index is 1.69. The van der Waals surface area contributed by atoms with Gasteiger partial charge in [-0.1, -0.05) is 19.3 Å². The molecule has 28 heavy (non-hydrogen) atoms. The molecule has 0 N–H and O–H groups in total. The molecule has 1 unspecified atom stereocenters. The lowest BCUT2D eigenvalue weighted by Gasteiger charge is -2.22. The lowest BCUT2D eigenvalue weighted by Crippen LogP contribution is -2.22. The molecule has 1 fully saturated rings. The molecule has 0 aromatic heterocycles. The lowest BCUT2D eigenvalue weighted by atomic mass is 10.0. The van der Waals surface area contributed by atoms with Crippen molar-refractivity contribution in [3.8, 4) is 0 Å². The molecule has 0 spiro atoms. The molecular weight excluding hydrogens is 404 g/mol. The van der Waals surface area contributed by atoms with Gasteiger partial charge in [-0.2, -0.15) is 4.33 Å². The minimum Gasteiger partial charge on any atom is -0.691 e. The highest BCUT2D eigenvalue weighted by molar-refractivity contribution is 7.94. The van der Waals surface area contributed by atoms with Gasteiger partial charge in [0.1, 0.15) is 4.90 Å². The summed E-state index contributed by atoms with van der Waals surface area (Å²) in [5.74, 6) is -6.20. The van der Waals surface area contributed by atoms with E-state index in [0.29, 0.717) is 19.4 Å². The highest BCUT2D eigenvalue weighted by Gasteiger charge is 2.26. The van der Waals surface area contributed by atoms with Crippen LogP contribution in [0.5, 0.6) is 0 Å². The summed E-state index contributed by atoms with van der Waals surface area (Å²) in [6.45, 7) is 1.33. The number of halogens is 4. The van der Waals surface area contributed by atoms with Gasteiger partial charge in [-0.05, 0) is 38.5 Å². The van der Waals surface area contributed by atoms with Gasteiger partial charge in [-0.15, -0.1) is 0 Å². The normalized spacial score (nSPS) is 17.2. The Labute approximate surface area is 165 Å². The van der Waals surface area contributed by atoms with Crippen LogP contribution >= 0.6 is 12.0 Å². The van der Waals surface area contributed by atoms with Gasteiger partial charge in [0.05, 0.1) is 12.0 Å². The first kappa shape index (κ1) is 23.4. The van der Waals surface area contributed by atoms with Crippen molar-refractivity contribution in [1.82, 2.24) is 0 Å². The molecular formula is C18H23F4O5S-. The molecule has 1 saturated heterocycles. The Morgan fingerprint density at radius 3 is 2.25 bits per heavy atom. The zero-order chi connectivity index (χ0) is 20.4. The molecule has 5 nitrogen and oxygen atoms in total. The Bertz CT molecular complexity index is 585. The first-order valence-electron chi connectivity index (χ1n) is 9.27. The van der Waals surface area contributed by atoms with Crippen LogP contribution < -0.4 is 5.26 Å². The predicted molar refractivity (Wildman–Crippen MR) is 90.6 cm³/mol. The summed E-state index contributed by atoms with van der Waals surface area (Å²) in [6.07, 6.45) is 6.41. The maximum atomic E-state index is 14.0. The second-order valence-electron chi connectivity index (χ2n) is 6.47. The maximum Gasteiger partial charge on any atom is 0.178 e. The quantitative estimate of drug-likeness (QED) is 0.122. The van der Waals surface area contributed by atoms with Gasteiger partial charge < -0.3 is 14.7 Å². The predicted octanol–water partition coefficient (Wildman–Crippen LogP) is 4.51. The van der Waals surface area contributed by atoms with Crippen molar-refractivity contribution in [2.24, 2.45) is 0 Å². The van der Waals surface area contributed by atoms with Crippen LogP contribution in [0.1, 0.15) is 56.9 Å². The summed E-state index contributed by atoms with van der Waals surface area (Å²) in [7, 11) is 0. The number of unbranched alkanes of at least 4 members (excludes halogenated alkanes) is 4. The molecule has 1 aromatic rings. The zero-order valence-electron chi connectivity index (χ0n) is 15.3. The van der Waals surface area contributed by atoms with E-state index in [1.807, 2.05) is 0 Å². The Morgan fingerprint density at radius 1 is 0.929 bits per heavy atom. The molecule has 0 amide bonds. The van der Waals surface area contributed by atoms with E-state index in [9.17, 15) is 22.8 Å². The average Bonchev–Trinajstić information content (AvgIpc) is 2.71. The van der Waals surface area contributed by atoms with E-state index in [-0.39, 0.29) is 24.8 Å². The number of rotatable bonds is 12. The Kier molecular flexibility index (Phi) is 10.5. The molecule has 2 rings (SSSR count). The van der Waals surface area contributed by atoms with Gasteiger partial charge in [0.25, 0.3) is 0 Å². The largest absolute Gasteiger partial charge is 0.691 e. The van der Waals surface area contributed by atoms with Crippen LogP contribution in [0.3, 0.4) is 0 Å².